The van der Waals surface area contributed by atoms with E-state index in [2.05, 4.69) is 4.99 Å². The van der Waals surface area contributed by atoms with Crippen LogP contribution in [0, 0.1) is 0 Å². The van der Waals surface area contributed by atoms with Crippen molar-refractivity contribution >= 4 is 39.8 Å². The molecule has 0 spiro atoms. The Kier molecular flexibility index (Phi) is 9.60. The van der Waals surface area contributed by atoms with Crippen LogP contribution in [0.25, 0.3) is 0 Å². The molecule has 0 heterocycles. The minimum atomic E-state index is -3.21. The second-order valence-electron chi connectivity index (χ2n) is 4.40. The van der Waals surface area contributed by atoms with E-state index in [0.29, 0.717) is 23.8 Å². The Bertz CT molecular complexity index is 528. The molecule has 7 heteroatoms. The van der Waals surface area contributed by atoms with Crippen LogP contribution >= 0.6 is 24.0 Å². The second kappa shape index (κ2) is 9.99. The summed E-state index contributed by atoms with van der Waals surface area (Å²) in [5, 5.41) is 0. The fourth-order valence-corrected chi connectivity index (χ4v) is 3.16. The van der Waals surface area contributed by atoms with Crippen molar-refractivity contribution in [1.29, 1.82) is 0 Å². The topological polar surface area (TPSA) is 75.8 Å². The van der Waals surface area contributed by atoms with E-state index in [1.807, 2.05) is 18.7 Å². The van der Waals surface area contributed by atoms with E-state index < -0.39 is 9.84 Å². The third kappa shape index (κ3) is 6.64. The SMILES string of the molecule is CCN(CC)C(N)=NCCCS(=O)(=O)c1ccccc1.I. The Balaban J connectivity index is 0.00000400. The van der Waals surface area contributed by atoms with E-state index in [1.54, 1.807) is 30.3 Å². The maximum absolute atomic E-state index is 12.0. The molecule has 0 aliphatic heterocycles. The zero-order valence-electron chi connectivity index (χ0n) is 12.5. The van der Waals surface area contributed by atoms with Crippen LogP contribution in [0.3, 0.4) is 0 Å². The molecule has 0 fully saturated rings. The van der Waals surface area contributed by atoms with E-state index in [1.165, 1.54) is 0 Å². The highest BCUT2D eigenvalue weighted by molar-refractivity contribution is 14.0. The van der Waals surface area contributed by atoms with E-state index in [4.69, 9.17) is 5.73 Å². The predicted octanol–water partition coefficient (Wildman–Crippen LogP) is 2.12. The average Bonchev–Trinajstić information content (AvgIpc) is 2.46. The molecule has 0 saturated heterocycles. The molecule has 0 aliphatic rings. The van der Waals surface area contributed by atoms with Crippen LogP contribution in [0.4, 0.5) is 0 Å². The summed E-state index contributed by atoms with van der Waals surface area (Å²) in [6, 6.07) is 8.48. The summed E-state index contributed by atoms with van der Waals surface area (Å²) in [4.78, 5) is 6.52. The number of rotatable bonds is 7. The first kappa shape index (κ1) is 20.2. The maximum atomic E-state index is 12.0. The van der Waals surface area contributed by atoms with Gasteiger partial charge in [-0.2, -0.15) is 0 Å². The summed E-state index contributed by atoms with van der Waals surface area (Å²) in [7, 11) is -3.21. The Hall–Kier alpha value is -0.830. The first-order valence-corrected chi connectivity index (χ1v) is 8.49. The van der Waals surface area contributed by atoms with Gasteiger partial charge in [0.05, 0.1) is 10.6 Å². The summed E-state index contributed by atoms with van der Waals surface area (Å²) in [5.41, 5.74) is 5.83. The number of nitrogens with two attached hydrogens (primary N) is 1. The fraction of sp³-hybridized carbons (Fsp3) is 0.500. The number of benzene rings is 1. The summed E-state index contributed by atoms with van der Waals surface area (Å²) < 4.78 is 24.1. The molecule has 0 bridgehead atoms. The number of hydrogen-bond donors (Lipinski definition) is 1. The highest BCUT2D eigenvalue weighted by atomic mass is 127. The quantitative estimate of drug-likeness (QED) is 0.314. The lowest BCUT2D eigenvalue weighted by atomic mass is 10.4. The molecule has 1 aromatic rings. The standard InChI is InChI=1S/C14H23N3O2S.HI/c1-3-17(4-2)14(15)16-11-8-12-20(18,19)13-9-6-5-7-10-13;/h5-7,9-10H,3-4,8,11-12H2,1-2H3,(H2,15,16);1H. The summed E-state index contributed by atoms with van der Waals surface area (Å²) >= 11 is 0. The van der Waals surface area contributed by atoms with Gasteiger partial charge in [0.1, 0.15) is 0 Å². The zero-order valence-corrected chi connectivity index (χ0v) is 15.7. The molecular weight excluding hydrogens is 401 g/mol. The normalized spacial score (nSPS) is 11.8. The number of aliphatic imine (C=N–C) groups is 1. The van der Waals surface area contributed by atoms with E-state index in [-0.39, 0.29) is 29.7 Å². The number of hydrogen-bond acceptors (Lipinski definition) is 3. The fourth-order valence-electron chi connectivity index (χ4n) is 1.84. The minimum Gasteiger partial charge on any atom is -0.370 e. The smallest absolute Gasteiger partial charge is 0.191 e. The molecule has 0 aliphatic carbocycles. The van der Waals surface area contributed by atoms with Gasteiger partial charge in [0.25, 0.3) is 0 Å². The average molecular weight is 425 g/mol. The van der Waals surface area contributed by atoms with Crippen molar-refractivity contribution < 1.29 is 8.42 Å². The van der Waals surface area contributed by atoms with Crippen molar-refractivity contribution in [2.24, 2.45) is 10.7 Å². The van der Waals surface area contributed by atoms with E-state index in [0.717, 1.165) is 13.1 Å². The van der Waals surface area contributed by atoms with Crippen LogP contribution in [-0.2, 0) is 9.84 Å². The highest BCUT2D eigenvalue weighted by Crippen LogP contribution is 2.10. The van der Waals surface area contributed by atoms with Crippen molar-refractivity contribution in [2.45, 2.75) is 25.2 Å². The van der Waals surface area contributed by atoms with Gasteiger partial charge in [0.15, 0.2) is 15.8 Å². The van der Waals surface area contributed by atoms with Crippen LogP contribution < -0.4 is 5.73 Å². The number of halogens is 1. The Labute approximate surface area is 144 Å². The molecule has 0 radical (unpaired) electrons. The van der Waals surface area contributed by atoms with Crippen LogP contribution in [0.15, 0.2) is 40.2 Å². The van der Waals surface area contributed by atoms with Gasteiger partial charge in [-0.1, -0.05) is 18.2 Å². The Morgan fingerprint density at radius 3 is 2.29 bits per heavy atom. The van der Waals surface area contributed by atoms with Gasteiger partial charge >= 0.3 is 0 Å². The van der Waals surface area contributed by atoms with Crippen molar-refractivity contribution in [3.8, 4) is 0 Å². The molecule has 0 aromatic heterocycles. The van der Waals surface area contributed by atoms with Crippen molar-refractivity contribution in [1.82, 2.24) is 4.90 Å². The summed E-state index contributed by atoms with van der Waals surface area (Å²) in [6.45, 7) is 6.04. The van der Waals surface area contributed by atoms with E-state index in [9.17, 15) is 8.42 Å². The van der Waals surface area contributed by atoms with Gasteiger partial charge in [-0.3, -0.25) is 4.99 Å². The molecule has 2 N–H and O–H groups in total. The third-order valence-corrected chi connectivity index (χ3v) is 4.85. The first-order valence-electron chi connectivity index (χ1n) is 6.84. The molecule has 5 nitrogen and oxygen atoms in total. The third-order valence-electron chi connectivity index (χ3n) is 3.03. The van der Waals surface area contributed by atoms with Crippen LogP contribution in [-0.4, -0.2) is 44.7 Å². The van der Waals surface area contributed by atoms with Crippen molar-refractivity contribution in [3.05, 3.63) is 30.3 Å². The van der Waals surface area contributed by atoms with Crippen LogP contribution in [0.2, 0.25) is 0 Å². The molecule has 1 aromatic carbocycles. The lowest BCUT2D eigenvalue weighted by molar-refractivity contribution is 0.458. The van der Waals surface area contributed by atoms with Gasteiger partial charge in [-0.15, -0.1) is 24.0 Å². The zero-order chi connectivity index (χ0) is 15.0. The van der Waals surface area contributed by atoms with Crippen molar-refractivity contribution in [2.75, 3.05) is 25.4 Å². The number of sulfone groups is 1. The van der Waals surface area contributed by atoms with E-state index >= 15 is 0 Å². The monoisotopic (exact) mass is 425 g/mol. The number of guanidine groups is 1. The highest BCUT2D eigenvalue weighted by Gasteiger charge is 2.12. The minimum absolute atomic E-state index is 0. The molecule has 0 unspecified atom stereocenters. The molecule has 1 rings (SSSR count). The lowest BCUT2D eigenvalue weighted by Gasteiger charge is -2.19. The molecular formula is C14H24IN3O2S. The van der Waals surface area contributed by atoms with Gasteiger partial charge in [-0.05, 0) is 32.4 Å². The molecule has 120 valence electrons. The largest absolute Gasteiger partial charge is 0.370 e. The molecule has 21 heavy (non-hydrogen) atoms. The molecule has 0 atom stereocenters. The van der Waals surface area contributed by atoms with Gasteiger partial charge in [0, 0.05) is 19.6 Å². The van der Waals surface area contributed by atoms with Gasteiger partial charge in [0.2, 0.25) is 0 Å². The second-order valence-corrected chi connectivity index (χ2v) is 6.51. The van der Waals surface area contributed by atoms with Gasteiger partial charge in [-0.25, -0.2) is 8.42 Å². The Morgan fingerprint density at radius 2 is 1.76 bits per heavy atom. The van der Waals surface area contributed by atoms with Crippen LogP contribution in [0.1, 0.15) is 20.3 Å². The number of nitrogens with zero attached hydrogens (tertiary/aromatic N) is 2. The van der Waals surface area contributed by atoms with Gasteiger partial charge < -0.3 is 10.6 Å². The maximum Gasteiger partial charge on any atom is 0.191 e. The van der Waals surface area contributed by atoms with Crippen molar-refractivity contribution in [3.63, 3.8) is 0 Å². The lowest BCUT2D eigenvalue weighted by Crippen LogP contribution is -2.37. The molecule has 0 amide bonds. The predicted molar refractivity (Wildman–Crippen MR) is 97.9 cm³/mol. The summed E-state index contributed by atoms with van der Waals surface area (Å²) in [6.07, 6.45) is 0.471. The Morgan fingerprint density at radius 1 is 1.19 bits per heavy atom. The summed E-state index contributed by atoms with van der Waals surface area (Å²) in [5.74, 6) is 0.568. The molecule has 0 saturated carbocycles. The first-order chi connectivity index (χ1) is 9.51. The van der Waals surface area contributed by atoms with Crippen LogP contribution in [0.5, 0.6) is 0 Å².